The summed E-state index contributed by atoms with van der Waals surface area (Å²) < 4.78 is 28.3. The van der Waals surface area contributed by atoms with Crippen LogP contribution in [0.15, 0.2) is 83.8 Å². The van der Waals surface area contributed by atoms with E-state index in [1.807, 2.05) is 6.92 Å². The first-order valence-electron chi connectivity index (χ1n) is 11.0. The first-order valence-corrected chi connectivity index (χ1v) is 12.8. The molecule has 7 nitrogen and oxygen atoms in total. The topological polar surface area (TPSA) is 86.8 Å². The Bertz CT molecular complexity index is 1280. The lowest BCUT2D eigenvalue weighted by atomic mass is 10.1. The van der Waals surface area contributed by atoms with Crippen molar-refractivity contribution in [2.75, 3.05) is 17.9 Å². The zero-order chi connectivity index (χ0) is 25.6. The number of amides is 2. The highest BCUT2D eigenvalue weighted by atomic mass is 35.5. The molecule has 0 bridgehead atoms. The minimum absolute atomic E-state index is 0.0640. The molecule has 0 unspecified atom stereocenters. The molecule has 184 valence electrons. The summed E-state index contributed by atoms with van der Waals surface area (Å²) >= 11 is 6.11. The van der Waals surface area contributed by atoms with E-state index in [1.54, 1.807) is 73.7 Å². The van der Waals surface area contributed by atoms with Gasteiger partial charge < -0.3 is 10.2 Å². The highest BCUT2D eigenvalue weighted by Crippen LogP contribution is 2.25. The minimum Gasteiger partial charge on any atom is -0.357 e. The lowest BCUT2D eigenvalue weighted by Gasteiger charge is -2.31. The van der Waals surface area contributed by atoms with Crippen LogP contribution in [0.1, 0.15) is 18.1 Å². The zero-order valence-corrected chi connectivity index (χ0v) is 21.4. The number of likely N-dealkylation sites (N-methyl/N-ethyl adjacent to an activating group) is 1. The molecule has 0 heterocycles. The number of nitrogens with one attached hydrogen (secondary N) is 1. The van der Waals surface area contributed by atoms with Gasteiger partial charge in [0.1, 0.15) is 12.6 Å². The molecule has 0 aromatic heterocycles. The van der Waals surface area contributed by atoms with E-state index < -0.39 is 28.5 Å². The second-order valence-electron chi connectivity index (χ2n) is 8.10. The average Bonchev–Trinajstić information content (AvgIpc) is 2.86. The maximum Gasteiger partial charge on any atom is 0.264 e. The fourth-order valence-electron chi connectivity index (χ4n) is 3.58. The molecule has 0 aliphatic heterocycles. The Morgan fingerprint density at radius 3 is 2.23 bits per heavy atom. The predicted octanol–water partition coefficient (Wildman–Crippen LogP) is 4.01. The van der Waals surface area contributed by atoms with Crippen molar-refractivity contribution in [3.05, 3.63) is 95.0 Å². The largest absolute Gasteiger partial charge is 0.357 e. The average molecular weight is 514 g/mol. The summed E-state index contributed by atoms with van der Waals surface area (Å²) in [5.74, 6) is -0.894. The summed E-state index contributed by atoms with van der Waals surface area (Å²) in [5.41, 5.74) is 2.02. The van der Waals surface area contributed by atoms with Gasteiger partial charge in [-0.25, -0.2) is 8.42 Å². The van der Waals surface area contributed by atoms with Crippen molar-refractivity contribution in [1.82, 2.24) is 10.2 Å². The van der Waals surface area contributed by atoms with Crippen LogP contribution in [0.3, 0.4) is 0 Å². The van der Waals surface area contributed by atoms with Crippen LogP contribution in [-0.2, 0) is 26.2 Å². The number of benzene rings is 3. The van der Waals surface area contributed by atoms with E-state index in [4.69, 9.17) is 11.6 Å². The number of carbonyl (C=O) groups is 2. The molecule has 35 heavy (non-hydrogen) atoms. The molecule has 0 fully saturated rings. The van der Waals surface area contributed by atoms with Gasteiger partial charge in [-0.05, 0) is 55.8 Å². The highest BCUT2D eigenvalue weighted by molar-refractivity contribution is 7.92. The quantitative estimate of drug-likeness (QED) is 0.468. The number of hydrogen-bond donors (Lipinski definition) is 1. The number of sulfonamides is 1. The van der Waals surface area contributed by atoms with Crippen molar-refractivity contribution in [1.29, 1.82) is 0 Å². The molecule has 0 spiro atoms. The fraction of sp³-hybridized carbons (Fsp3) is 0.231. The van der Waals surface area contributed by atoms with Crippen molar-refractivity contribution in [3.8, 4) is 0 Å². The van der Waals surface area contributed by atoms with Gasteiger partial charge in [-0.3, -0.25) is 13.9 Å². The summed E-state index contributed by atoms with van der Waals surface area (Å²) in [5, 5.41) is 3.05. The molecule has 2 amide bonds. The van der Waals surface area contributed by atoms with Crippen LogP contribution in [0.5, 0.6) is 0 Å². The normalized spacial score (nSPS) is 12.0. The first-order chi connectivity index (χ1) is 16.6. The van der Waals surface area contributed by atoms with Gasteiger partial charge >= 0.3 is 0 Å². The Kier molecular flexibility index (Phi) is 8.53. The number of anilines is 1. The first kappa shape index (κ1) is 26.2. The third-order valence-electron chi connectivity index (χ3n) is 5.59. The molecule has 0 radical (unpaired) electrons. The fourth-order valence-corrected chi connectivity index (χ4v) is 5.23. The Labute approximate surface area is 211 Å². The number of aryl methyl sites for hydroxylation is 1. The maximum absolute atomic E-state index is 13.6. The zero-order valence-electron chi connectivity index (χ0n) is 19.8. The summed E-state index contributed by atoms with van der Waals surface area (Å²) in [4.78, 5) is 27.5. The highest BCUT2D eigenvalue weighted by Gasteiger charge is 2.32. The standard InChI is InChI=1S/C26H28ClN3O4S/c1-19-12-14-23(15-13-19)30(35(33,34)24-10-5-4-6-11-24)18-25(31)29(20(2)26(32)28-3)17-21-8-7-9-22(27)16-21/h4-16,20H,17-18H2,1-3H3,(H,28,32)/t20-/m0/s1. The third-order valence-corrected chi connectivity index (χ3v) is 7.61. The Balaban J connectivity index is 2.01. The molecule has 1 atom stereocenters. The van der Waals surface area contributed by atoms with Crippen molar-refractivity contribution in [2.24, 2.45) is 0 Å². The van der Waals surface area contributed by atoms with Crippen molar-refractivity contribution >= 4 is 39.1 Å². The number of halogens is 1. The van der Waals surface area contributed by atoms with Gasteiger partial charge in [0.25, 0.3) is 10.0 Å². The molecular formula is C26H28ClN3O4S. The van der Waals surface area contributed by atoms with E-state index in [1.165, 1.54) is 24.1 Å². The van der Waals surface area contributed by atoms with Crippen LogP contribution < -0.4 is 9.62 Å². The Morgan fingerprint density at radius 2 is 1.63 bits per heavy atom. The predicted molar refractivity (Wildman–Crippen MR) is 138 cm³/mol. The second kappa shape index (κ2) is 11.4. The molecule has 0 aliphatic rings. The van der Waals surface area contributed by atoms with E-state index in [0.717, 1.165) is 15.4 Å². The lowest BCUT2D eigenvalue weighted by Crippen LogP contribution is -2.50. The number of hydrogen-bond acceptors (Lipinski definition) is 4. The van der Waals surface area contributed by atoms with Gasteiger partial charge in [0.2, 0.25) is 11.8 Å². The molecule has 0 aliphatic carbocycles. The van der Waals surface area contributed by atoms with Crippen molar-refractivity contribution in [2.45, 2.75) is 31.3 Å². The molecule has 0 saturated heterocycles. The van der Waals surface area contributed by atoms with Gasteiger partial charge in [0.05, 0.1) is 10.6 Å². The number of rotatable bonds is 9. The summed E-state index contributed by atoms with van der Waals surface area (Å²) in [7, 11) is -2.58. The van der Waals surface area contributed by atoms with E-state index in [0.29, 0.717) is 10.7 Å². The molecular weight excluding hydrogens is 486 g/mol. The molecule has 3 aromatic rings. The Morgan fingerprint density at radius 1 is 0.971 bits per heavy atom. The lowest BCUT2D eigenvalue weighted by molar-refractivity contribution is -0.139. The Hall–Kier alpha value is -3.36. The van der Waals surface area contributed by atoms with Crippen LogP contribution in [0, 0.1) is 6.92 Å². The van der Waals surface area contributed by atoms with Crippen LogP contribution in [0.2, 0.25) is 5.02 Å². The van der Waals surface area contributed by atoms with Gasteiger partial charge in [0, 0.05) is 18.6 Å². The van der Waals surface area contributed by atoms with Gasteiger partial charge in [-0.15, -0.1) is 0 Å². The van der Waals surface area contributed by atoms with Gasteiger partial charge in [0.15, 0.2) is 0 Å². The van der Waals surface area contributed by atoms with E-state index in [9.17, 15) is 18.0 Å². The van der Waals surface area contributed by atoms with Crippen molar-refractivity contribution < 1.29 is 18.0 Å². The van der Waals surface area contributed by atoms with Crippen LogP contribution in [0.4, 0.5) is 5.69 Å². The minimum atomic E-state index is -4.06. The SMILES string of the molecule is CNC(=O)[C@H](C)N(Cc1cccc(Cl)c1)C(=O)CN(c1ccc(C)cc1)S(=O)(=O)c1ccccc1. The number of carbonyl (C=O) groups excluding carboxylic acids is 2. The molecule has 0 saturated carbocycles. The van der Waals surface area contributed by atoms with E-state index in [-0.39, 0.29) is 17.3 Å². The van der Waals surface area contributed by atoms with Crippen molar-refractivity contribution in [3.63, 3.8) is 0 Å². The van der Waals surface area contributed by atoms with Crippen LogP contribution in [0.25, 0.3) is 0 Å². The second-order valence-corrected chi connectivity index (χ2v) is 10.4. The molecule has 1 N–H and O–H groups in total. The maximum atomic E-state index is 13.6. The van der Waals surface area contributed by atoms with E-state index in [2.05, 4.69) is 5.32 Å². The summed E-state index contributed by atoms with van der Waals surface area (Å²) in [6.07, 6.45) is 0. The summed E-state index contributed by atoms with van der Waals surface area (Å²) in [6, 6.07) is 20.9. The molecule has 3 aromatic carbocycles. The summed E-state index contributed by atoms with van der Waals surface area (Å²) in [6.45, 7) is 3.09. The van der Waals surface area contributed by atoms with Crippen LogP contribution >= 0.6 is 11.6 Å². The smallest absolute Gasteiger partial charge is 0.264 e. The molecule has 3 rings (SSSR count). The molecule has 9 heteroatoms. The van der Waals surface area contributed by atoms with Gasteiger partial charge in [-0.2, -0.15) is 0 Å². The van der Waals surface area contributed by atoms with E-state index >= 15 is 0 Å². The van der Waals surface area contributed by atoms with Gasteiger partial charge in [-0.1, -0.05) is 59.6 Å². The monoisotopic (exact) mass is 513 g/mol. The number of nitrogens with zero attached hydrogens (tertiary/aromatic N) is 2. The third kappa shape index (κ3) is 6.41. The van der Waals surface area contributed by atoms with Crippen LogP contribution in [-0.4, -0.2) is 44.8 Å².